The zero-order chi connectivity index (χ0) is 18.1. The second kappa shape index (κ2) is 6.75. The summed E-state index contributed by atoms with van der Waals surface area (Å²) in [5.74, 6) is -1.07. The number of allylic oxidation sites excluding steroid dienone is 1. The van der Waals surface area contributed by atoms with E-state index < -0.39 is 33.6 Å². The van der Waals surface area contributed by atoms with Gasteiger partial charge in [0.1, 0.15) is 6.54 Å². The van der Waals surface area contributed by atoms with E-state index in [0.717, 1.165) is 16.7 Å². The Morgan fingerprint density at radius 3 is 2.25 bits per heavy atom. The van der Waals surface area contributed by atoms with E-state index in [0.29, 0.717) is 16.2 Å². The Kier molecular flexibility index (Phi) is 5.11. The van der Waals surface area contributed by atoms with Gasteiger partial charge in [0, 0.05) is 5.69 Å². The van der Waals surface area contributed by atoms with Crippen LogP contribution in [0.1, 0.15) is 13.8 Å². The van der Waals surface area contributed by atoms with Gasteiger partial charge >= 0.3 is 0 Å². The van der Waals surface area contributed by atoms with Crippen LogP contribution in [-0.4, -0.2) is 36.9 Å². The van der Waals surface area contributed by atoms with Gasteiger partial charge in [-0.15, -0.1) is 0 Å². The van der Waals surface area contributed by atoms with E-state index >= 15 is 0 Å². The average molecular weight is 369 g/mol. The standard InChI is InChI=1S/C14H15N3O5S2/c1-8(2)12-13(19)17(14(20)23-12)7-11(18)16-9-3-5-10(6-4-9)24(15,21)22/h3-6H,7H2,1-2H3,(H,16,18)(H2,15,21,22). The van der Waals surface area contributed by atoms with Crippen molar-refractivity contribution < 1.29 is 22.8 Å². The number of anilines is 1. The Hall–Kier alpha value is -2.17. The molecule has 3 amide bonds. The normalized spacial score (nSPS) is 15.0. The lowest BCUT2D eigenvalue weighted by atomic mass is 10.3. The molecule has 1 aromatic carbocycles. The molecule has 1 fully saturated rings. The predicted octanol–water partition coefficient (Wildman–Crippen LogP) is 1.26. The molecule has 1 heterocycles. The van der Waals surface area contributed by atoms with Crippen molar-refractivity contribution in [3.8, 4) is 0 Å². The molecule has 24 heavy (non-hydrogen) atoms. The largest absolute Gasteiger partial charge is 0.325 e. The number of imide groups is 1. The van der Waals surface area contributed by atoms with Crippen molar-refractivity contribution in [3.63, 3.8) is 0 Å². The number of carbonyl (C=O) groups is 3. The first-order valence-corrected chi connectivity index (χ1v) is 9.09. The fourth-order valence-electron chi connectivity index (χ4n) is 1.92. The zero-order valence-electron chi connectivity index (χ0n) is 12.9. The van der Waals surface area contributed by atoms with Gasteiger partial charge < -0.3 is 5.32 Å². The molecule has 0 aliphatic carbocycles. The topological polar surface area (TPSA) is 127 Å². The summed E-state index contributed by atoms with van der Waals surface area (Å²) in [7, 11) is -3.81. The van der Waals surface area contributed by atoms with Gasteiger partial charge in [0.05, 0.1) is 9.80 Å². The number of thioether (sulfide) groups is 1. The van der Waals surface area contributed by atoms with Crippen LogP contribution in [0.15, 0.2) is 39.6 Å². The van der Waals surface area contributed by atoms with E-state index in [1.165, 1.54) is 24.3 Å². The first-order valence-electron chi connectivity index (χ1n) is 6.73. The number of primary sulfonamides is 1. The molecule has 8 nitrogen and oxygen atoms in total. The molecular weight excluding hydrogens is 354 g/mol. The highest BCUT2D eigenvalue weighted by molar-refractivity contribution is 8.18. The summed E-state index contributed by atoms with van der Waals surface area (Å²) in [6.45, 7) is 3.01. The third-order valence-corrected chi connectivity index (χ3v) is 5.18. The molecule has 1 aromatic rings. The molecule has 1 saturated heterocycles. The van der Waals surface area contributed by atoms with E-state index in [9.17, 15) is 22.8 Å². The summed E-state index contributed by atoms with van der Waals surface area (Å²) in [6.07, 6.45) is 0. The summed E-state index contributed by atoms with van der Waals surface area (Å²) in [5.41, 5.74) is 1.03. The van der Waals surface area contributed by atoms with Gasteiger partial charge in [-0.1, -0.05) is 5.57 Å². The van der Waals surface area contributed by atoms with Crippen molar-refractivity contribution in [2.75, 3.05) is 11.9 Å². The van der Waals surface area contributed by atoms with Crippen LogP contribution in [-0.2, 0) is 19.6 Å². The highest BCUT2D eigenvalue weighted by Gasteiger charge is 2.36. The second-order valence-electron chi connectivity index (χ2n) is 5.21. The van der Waals surface area contributed by atoms with Gasteiger partial charge in [-0.25, -0.2) is 13.6 Å². The number of hydrogen-bond acceptors (Lipinski definition) is 6. The van der Waals surface area contributed by atoms with Gasteiger partial charge in [-0.2, -0.15) is 0 Å². The van der Waals surface area contributed by atoms with Gasteiger partial charge in [0.25, 0.3) is 11.1 Å². The van der Waals surface area contributed by atoms with Gasteiger partial charge in [0.15, 0.2) is 0 Å². The van der Waals surface area contributed by atoms with Crippen LogP contribution < -0.4 is 10.5 Å². The third kappa shape index (κ3) is 4.02. The van der Waals surface area contributed by atoms with Crippen molar-refractivity contribution in [1.29, 1.82) is 0 Å². The lowest BCUT2D eigenvalue weighted by Crippen LogP contribution is -2.36. The number of amides is 3. The van der Waals surface area contributed by atoms with Crippen molar-refractivity contribution in [2.24, 2.45) is 5.14 Å². The van der Waals surface area contributed by atoms with Crippen LogP contribution in [0.25, 0.3) is 0 Å². The number of rotatable bonds is 4. The van der Waals surface area contributed by atoms with Gasteiger partial charge in [0.2, 0.25) is 15.9 Å². The van der Waals surface area contributed by atoms with E-state index in [-0.39, 0.29) is 4.90 Å². The van der Waals surface area contributed by atoms with Crippen molar-refractivity contribution in [2.45, 2.75) is 18.7 Å². The minimum atomic E-state index is -3.81. The molecule has 2 rings (SSSR count). The van der Waals surface area contributed by atoms with Crippen LogP contribution in [0.5, 0.6) is 0 Å². The maximum atomic E-state index is 12.1. The van der Waals surface area contributed by atoms with Crippen molar-refractivity contribution in [3.05, 3.63) is 34.7 Å². The fraction of sp³-hybridized carbons (Fsp3) is 0.214. The van der Waals surface area contributed by atoms with E-state index in [4.69, 9.17) is 5.14 Å². The number of sulfonamides is 1. The quantitative estimate of drug-likeness (QED) is 0.769. The predicted molar refractivity (Wildman–Crippen MR) is 89.5 cm³/mol. The summed E-state index contributed by atoms with van der Waals surface area (Å²) < 4.78 is 22.3. The SMILES string of the molecule is CC(C)=C1SC(=O)N(CC(=O)Nc2ccc(S(N)(=O)=O)cc2)C1=O. The Balaban J connectivity index is 2.05. The minimum Gasteiger partial charge on any atom is -0.325 e. The van der Waals surface area contributed by atoms with E-state index in [2.05, 4.69) is 5.32 Å². The lowest BCUT2D eigenvalue weighted by Gasteiger charge is -2.12. The Morgan fingerprint density at radius 2 is 1.79 bits per heavy atom. The summed E-state index contributed by atoms with van der Waals surface area (Å²) in [6, 6.07) is 5.21. The van der Waals surface area contributed by atoms with Crippen LogP contribution in [0.3, 0.4) is 0 Å². The van der Waals surface area contributed by atoms with Crippen LogP contribution in [0, 0.1) is 0 Å². The van der Waals surface area contributed by atoms with Crippen LogP contribution in [0.2, 0.25) is 0 Å². The molecule has 0 saturated carbocycles. The van der Waals surface area contributed by atoms with Crippen molar-refractivity contribution >= 4 is 44.5 Å². The Labute approximate surface area is 143 Å². The van der Waals surface area contributed by atoms with Crippen LogP contribution >= 0.6 is 11.8 Å². The molecule has 1 aliphatic heterocycles. The van der Waals surface area contributed by atoms with Gasteiger partial charge in [-0.3, -0.25) is 19.3 Å². The molecule has 0 bridgehead atoms. The molecular formula is C14H15N3O5S2. The minimum absolute atomic E-state index is 0.0880. The lowest BCUT2D eigenvalue weighted by molar-refractivity contribution is -0.127. The smallest absolute Gasteiger partial charge is 0.294 e. The third-order valence-electron chi connectivity index (χ3n) is 3.07. The van der Waals surface area contributed by atoms with Gasteiger partial charge in [-0.05, 0) is 49.9 Å². The molecule has 0 atom stereocenters. The summed E-state index contributed by atoms with van der Waals surface area (Å²) in [4.78, 5) is 37.0. The molecule has 1 aliphatic rings. The molecule has 0 radical (unpaired) electrons. The number of hydrogen-bond donors (Lipinski definition) is 2. The van der Waals surface area contributed by atoms with E-state index in [1.54, 1.807) is 13.8 Å². The molecule has 10 heteroatoms. The number of nitrogens with one attached hydrogen (secondary N) is 1. The highest BCUT2D eigenvalue weighted by Crippen LogP contribution is 2.32. The second-order valence-corrected chi connectivity index (χ2v) is 7.73. The zero-order valence-corrected chi connectivity index (χ0v) is 14.5. The van der Waals surface area contributed by atoms with Crippen molar-refractivity contribution in [1.82, 2.24) is 4.90 Å². The maximum Gasteiger partial charge on any atom is 0.294 e. The molecule has 3 N–H and O–H groups in total. The molecule has 128 valence electrons. The molecule has 0 unspecified atom stereocenters. The number of carbonyl (C=O) groups excluding carboxylic acids is 3. The number of nitrogens with two attached hydrogens (primary N) is 1. The first-order chi connectivity index (χ1) is 11.1. The fourth-order valence-corrected chi connectivity index (χ4v) is 3.27. The summed E-state index contributed by atoms with van der Waals surface area (Å²) >= 11 is 0.799. The first kappa shape index (κ1) is 18.2. The average Bonchev–Trinajstić information content (AvgIpc) is 2.75. The molecule has 0 spiro atoms. The van der Waals surface area contributed by atoms with Crippen LogP contribution in [0.4, 0.5) is 10.5 Å². The maximum absolute atomic E-state index is 12.1. The number of nitrogens with zero attached hydrogens (tertiary/aromatic N) is 1. The summed E-state index contributed by atoms with van der Waals surface area (Å²) in [5, 5.41) is 6.96. The molecule has 0 aromatic heterocycles. The van der Waals surface area contributed by atoms with E-state index in [1.807, 2.05) is 0 Å². The number of benzene rings is 1. The Bertz CT molecular complexity index is 840. The monoisotopic (exact) mass is 369 g/mol. The Morgan fingerprint density at radius 1 is 1.21 bits per heavy atom. The highest BCUT2D eigenvalue weighted by atomic mass is 32.2.